The smallest absolute Gasteiger partial charge is 0.277 e. The summed E-state index contributed by atoms with van der Waals surface area (Å²) >= 11 is 1.13. The molecule has 0 saturated heterocycles. The molecule has 1 aromatic heterocycles. The Balaban J connectivity index is 1.58. The van der Waals surface area contributed by atoms with Gasteiger partial charge in [0.25, 0.3) is 5.56 Å². The maximum atomic E-state index is 12.1. The monoisotopic (exact) mass is 392 g/mol. The fourth-order valence-electron chi connectivity index (χ4n) is 2.39. The van der Waals surface area contributed by atoms with Gasteiger partial charge in [0.1, 0.15) is 0 Å². The van der Waals surface area contributed by atoms with Crippen LogP contribution in [0.3, 0.4) is 0 Å². The zero-order chi connectivity index (χ0) is 19.9. The van der Waals surface area contributed by atoms with Crippen LogP contribution in [0.1, 0.15) is 22.4 Å². The van der Waals surface area contributed by atoms with Crippen molar-refractivity contribution in [2.24, 2.45) is 0 Å². The molecule has 0 fully saturated rings. The minimum atomic E-state index is -0.348. The third kappa shape index (κ3) is 5.40. The standard InChI is InChI=1S/C21H20N4O2S/c1-14-8-10-17(12-15(14)2)22-19(26)13-28-21-23-20(27)18(24-25-21)11-9-16-6-4-3-5-7-16/h3-12H,13H2,1-2H3,(H,22,26)(H,23,25,27)/b11-9+. The number of nitrogens with zero attached hydrogens (tertiary/aromatic N) is 2. The number of hydrogen-bond acceptors (Lipinski definition) is 5. The summed E-state index contributed by atoms with van der Waals surface area (Å²) in [5, 5.41) is 11.1. The van der Waals surface area contributed by atoms with Crippen molar-refractivity contribution in [2.45, 2.75) is 19.0 Å². The molecule has 1 amide bonds. The van der Waals surface area contributed by atoms with Gasteiger partial charge in [0.15, 0.2) is 10.9 Å². The number of amides is 1. The molecule has 0 aliphatic heterocycles. The van der Waals surface area contributed by atoms with Crippen LogP contribution in [0.4, 0.5) is 5.69 Å². The second-order valence-corrected chi connectivity index (χ2v) is 7.19. The van der Waals surface area contributed by atoms with Gasteiger partial charge in [0.05, 0.1) is 5.75 Å². The number of carbonyl (C=O) groups excluding carboxylic acids is 1. The largest absolute Gasteiger partial charge is 0.325 e. The molecule has 1 heterocycles. The molecular weight excluding hydrogens is 372 g/mol. The predicted octanol–water partition coefficient (Wildman–Crippen LogP) is 3.68. The third-order valence-corrected chi connectivity index (χ3v) is 4.93. The van der Waals surface area contributed by atoms with E-state index in [1.807, 2.05) is 62.4 Å². The molecule has 2 aromatic carbocycles. The molecule has 0 aliphatic rings. The number of aromatic amines is 1. The van der Waals surface area contributed by atoms with Crippen molar-refractivity contribution < 1.29 is 4.79 Å². The van der Waals surface area contributed by atoms with Crippen LogP contribution in [0, 0.1) is 13.8 Å². The summed E-state index contributed by atoms with van der Waals surface area (Å²) in [6.45, 7) is 4.01. The van der Waals surface area contributed by atoms with Gasteiger partial charge in [0, 0.05) is 5.69 Å². The first-order chi connectivity index (χ1) is 13.5. The second kappa shape index (κ2) is 9.14. The van der Waals surface area contributed by atoms with E-state index >= 15 is 0 Å². The molecule has 0 saturated carbocycles. The van der Waals surface area contributed by atoms with Crippen LogP contribution in [-0.4, -0.2) is 26.8 Å². The normalized spacial score (nSPS) is 10.9. The number of anilines is 1. The highest BCUT2D eigenvalue weighted by Gasteiger charge is 2.08. The van der Waals surface area contributed by atoms with Crippen molar-refractivity contribution in [3.05, 3.63) is 81.3 Å². The number of aromatic nitrogens is 3. The summed E-state index contributed by atoms with van der Waals surface area (Å²) in [7, 11) is 0. The van der Waals surface area contributed by atoms with Crippen LogP contribution < -0.4 is 10.9 Å². The number of rotatable bonds is 6. The fourth-order valence-corrected chi connectivity index (χ4v) is 3.00. The van der Waals surface area contributed by atoms with Crippen molar-refractivity contribution in [3.8, 4) is 0 Å². The van der Waals surface area contributed by atoms with Crippen LogP contribution in [-0.2, 0) is 4.79 Å². The van der Waals surface area contributed by atoms with Gasteiger partial charge in [-0.1, -0.05) is 54.2 Å². The molecule has 0 unspecified atom stereocenters. The van der Waals surface area contributed by atoms with Crippen LogP contribution >= 0.6 is 11.8 Å². The Morgan fingerprint density at radius 2 is 1.86 bits per heavy atom. The average Bonchev–Trinajstić information content (AvgIpc) is 2.69. The molecular formula is C21H20N4O2S. The van der Waals surface area contributed by atoms with Gasteiger partial charge in [-0.25, -0.2) is 0 Å². The van der Waals surface area contributed by atoms with E-state index in [1.54, 1.807) is 12.2 Å². The van der Waals surface area contributed by atoms with Crippen LogP contribution in [0.2, 0.25) is 0 Å². The molecule has 6 nitrogen and oxygen atoms in total. The number of hydrogen-bond donors (Lipinski definition) is 2. The lowest BCUT2D eigenvalue weighted by molar-refractivity contribution is -0.113. The highest BCUT2D eigenvalue weighted by Crippen LogP contribution is 2.16. The summed E-state index contributed by atoms with van der Waals surface area (Å²) in [6, 6.07) is 15.4. The second-order valence-electron chi connectivity index (χ2n) is 6.22. The summed E-state index contributed by atoms with van der Waals surface area (Å²) in [5.74, 6) is -0.0551. The Morgan fingerprint density at radius 3 is 2.57 bits per heavy atom. The van der Waals surface area contributed by atoms with Crippen LogP contribution in [0.25, 0.3) is 12.2 Å². The van der Waals surface area contributed by atoms with Gasteiger partial charge in [-0.05, 0) is 48.7 Å². The van der Waals surface area contributed by atoms with Crippen LogP contribution in [0.15, 0.2) is 58.5 Å². The maximum Gasteiger partial charge on any atom is 0.277 e. The summed E-state index contributed by atoms with van der Waals surface area (Å²) in [5.41, 5.74) is 3.85. The van der Waals surface area contributed by atoms with Crippen molar-refractivity contribution in [1.29, 1.82) is 0 Å². The van der Waals surface area contributed by atoms with Crippen molar-refractivity contribution in [3.63, 3.8) is 0 Å². The molecule has 0 spiro atoms. The number of thioether (sulfide) groups is 1. The molecule has 3 rings (SSSR count). The SMILES string of the molecule is Cc1ccc(NC(=O)CSc2nnc(/C=C/c3ccccc3)c(=O)[nH]2)cc1C. The molecule has 3 aromatic rings. The first-order valence-electron chi connectivity index (χ1n) is 8.71. The zero-order valence-electron chi connectivity index (χ0n) is 15.6. The Labute approximate surface area is 167 Å². The van der Waals surface area contributed by atoms with Gasteiger partial charge >= 0.3 is 0 Å². The minimum absolute atomic E-state index is 0.122. The van der Waals surface area contributed by atoms with E-state index in [-0.39, 0.29) is 22.9 Å². The average molecular weight is 392 g/mol. The van der Waals surface area contributed by atoms with Gasteiger partial charge in [-0.15, -0.1) is 10.2 Å². The number of carbonyl (C=O) groups is 1. The molecule has 0 radical (unpaired) electrons. The summed E-state index contributed by atoms with van der Waals surface area (Å²) in [6.07, 6.45) is 3.41. The number of benzene rings is 2. The van der Waals surface area contributed by atoms with E-state index in [9.17, 15) is 9.59 Å². The van der Waals surface area contributed by atoms with Gasteiger partial charge < -0.3 is 5.32 Å². The van der Waals surface area contributed by atoms with Crippen molar-refractivity contribution >= 4 is 35.5 Å². The quantitative estimate of drug-likeness (QED) is 0.625. The highest BCUT2D eigenvalue weighted by molar-refractivity contribution is 7.99. The van der Waals surface area contributed by atoms with Crippen molar-refractivity contribution in [1.82, 2.24) is 15.2 Å². The first-order valence-corrected chi connectivity index (χ1v) is 9.70. The van der Waals surface area contributed by atoms with E-state index in [2.05, 4.69) is 20.5 Å². The third-order valence-electron chi connectivity index (χ3n) is 4.07. The number of H-pyrrole nitrogens is 1. The lowest BCUT2D eigenvalue weighted by Gasteiger charge is -2.07. The first kappa shape index (κ1) is 19.6. The Morgan fingerprint density at radius 1 is 1.07 bits per heavy atom. The highest BCUT2D eigenvalue weighted by atomic mass is 32.2. The van der Waals surface area contributed by atoms with Gasteiger partial charge in [0.2, 0.25) is 5.91 Å². The van der Waals surface area contributed by atoms with E-state index in [1.165, 1.54) is 5.56 Å². The zero-order valence-corrected chi connectivity index (χ0v) is 16.4. The number of nitrogens with one attached hydrogen (secondary N) is 2. The lowest BCUT2D eigenvalue weighted by atomic mass is 10.1. The minimum Gasteiger partial charge on any atom is -0.325 e. The molecule has 142 valence electrons. The van der Waals surface area contributed by atoms with E-state index in [0.29, 0.717) is 5.16 Å². The Bertz CT molecular complexity index is 1060. The van der Waals surface area contributed by atoms with E-state index < -0.39 is 0 Å². The predicted molar refractivity (Wildman–Crippen MR) is 113 cm³/mol. The Hall–Kier alpha value is -3.19. The fraction of sp³-hybridized carbons (Fsp3) is 0.143. The van der Waals surface area contributed by atoms with Gasteiger partial charge in [-0.2, -0.15) is 0 Å². The maximum absolute atomic E-state index is 12.1. The Kier molecular flexibility index (Phi) is 6.39. The molecule has 28 heavy (non-hydrogen) atoms. The lowest BCUT2D eigenvalue weighted by Crippen LogP contribution is -2.17. The topological polar surface area (TPSA) is 87.7 Å². The van der Waals surface area contributed by atoms with Crippen LogP contribution in [0.5, 0.6) is 0 Å². The van der Waals surface area contributed by atoms with Gasteiger partial charge in [-0.3, -0.25) is 14.6 Å². The van der Waals surface area contributed by atoms with Crippen molar-refractivity contribution in [2.75, 3.05) is 11.1 Å². The summed E-state index contributed by atoms with van der Waals surface area (Å²) < 4.78 is 0. The molecule has 2 N–H and O–H groups in total. The van der Waals surface area contributed by atoms with E-state index in [4.69, 9.17) is 0 Å². The number of aryl methyl sites for hydroxylation is 2. The van der Waals surface area contributed by atoms with E-state index in [0.717, 1.165) is 28.6 Å². The summed E-state index contributed by atoms with van der Waals surface area (Å²) in [4.78, 5) is 26.9. The molecule has 0 bridgehead atoms. The molecule has 0 atom stereocenters. The molecule has 7 heteroatoms. The molecule has 0 aliphatic carbocycles.